The average Bonchev–Trinajstić information content (AvgIpc) is 2.74. The summed E-state index contributed by atoms with van der Waals surface area (Å²) in [5.41, 5.74) is 4.49. The first-order valence-corrected chi connectivity index (χ1v) is 6.60. The van der Waals surface area contributed by atoms with E-state index in [4.69, 9.17) is 0 Å². The standard InChI is InChI=1S/C13H17NS/c1-9-3-4-11-5-6-13(12(11)7-9)14-8-10(2)15-13/h3-4,7,10,14H,5-6,8H2,1-2H3. The monoisotopic (exact) mass is 219 g/mol. The lowest BCUT2D eigenvalue weighted by Gasteiger charge is -2.24. The van der Waals surface area contributed by atoms with Crippen molar-refractivity contribution in [2.75, 3.05) is 6.54 Å². The van der Waals surface area contributed by atoms with Crippen LogP contribution in [0.2, 0.25) is 0 Å². The molecule has 15 heavy (non-hydrogen) atoms. The van der Waals surface area contributed by atoms with Crippen LogP contribution in [0.15, 0.2) is 18.2 Å². The van der Waals surface area contributed by atoms with E-state index in [-0.39, 0.29) is 4.87 Å². The van der Waals surface area contributed by atoms with E-state index in [2.05, 4.69) is 49.1 Å². The molecule has 3 rings (SSSR count). The van der Waals surface area contributed by atoms with Crippen LogP contribution in [0.4, 0.5) is 0 Å². The highest BCUT2D eigenvalue weighted by Gasteiger charge is 2.43. The predicted octanol–water partition coefficient (Wildman–Crippen LogP) is 2.82. The van der Waals surface area contributed by atoms with E-state index in [0.29, 0.717) is 0 Å². The summed E-state index contributed by atoms with van der Waals surface area (Å²) in [5, 5.41) is 4.47. The highest BCUT2D eigenvalue weighted by Crippen LogP contribution is 2.50. The molecule has 0 aromatic heterocycles. The predicted molar refractivity (Wildman–Crippen MR) is 66.2 cm³/mol. The lowest BCUT2D eigenvalue weighted by atomic mass is 10.0. The summed E-state index contributed by atoms with van der Waals surface area (Å²) in [4.78, 5) is 0.251. The Balaban J connectivity index is 2.07. The van der Waals surface area contributed by atoms with Gasteiger partial charge in [0.1, 0.15) is 0 Å². The van der Waals surface area contributed by atoms with Gasteiger partial charge in [-0.25, -0.2) is 0 Å². The number of nitrogens with one attached hydrogen (secondary N) is 1. The Hall–Kier alpha value is -0.470. The topological polar surface area (TPSA) is 12.0 Å². The largest absolute Gasteiger partial charge is 0.298 e. The Morgan fingerprint density at radius 3 is 3.07 bits per heavy atom. The van der Waals surface area contributed by atoms with Crippen molar-refractivity contribution >= 4 is 11.8 Å². The summed E-state index contributed by atoms with van der Waals surface area (Å²) in [6, 6.07) is 6.92. The number of hydrogen-bond donors (Lipinski definition) is 1. The van der Waals surface area contributed by atoms with Crippen molar-refractivity contribution in [1.29, 1.82) is 0 Å². The van der Waals surface area contributed by atoms with Crippen LogP contribution < -0.4 is 5.32 Å². The molecule has 2 unspecified atom stereocenters. The molecular weight excluding hydrogens is 202 g/mol. The van der Waals surface area contributed by atoms with Gasteiger partial charge in [-0.2, -0.15) is 0 Å². The molecule has 1 spiro atoms. The van der Waals surface area contributed by atoms with Gasteiger partial charge in [0.25, 0.3) is 0 Å². The van der Waals surface area contributed by atoms with Gasteiger partial charge in [0.2, 0.25) is 0 Å². The number of benzene rings is 1. The molecule has 1 heterocycles. The quantitative estimate of drug-likeness (QED) is 0.720. The van der Waals surface area contributed by atoms with Crippen molar-refractivity contribution in [3.05, 3.63) is 34.9 Å². The second-order valence-electron chi connectivity index (χ2n) is 4.80. The van der Waals surface area contributed by atoms with E-state index in [9.17, 15) is 0 Å². The summed E-state index contributed by atoms with van der Waals surface area (Å²) in [6.07, 6.45) is 2.50. The van der Waals surface area contributed by atoms with E-state index >= 15 is 0 Å². The fourth-order valence-electron chi connectivity index (χ4n) is 2.77. The molecular formula is C13H17NS. The minimum absolute atomic E-state index is 0.251. The summed E-state index contributed by atoms with van der Waals surface area (Å²) in [7, 11) is 0. The molecule has 2 atom stereocenters. The van der Waals surface area contributed by atoms with E-state index < -0.39 is 0 Å². The van der Waals surface area contributed by atoms with Crippen LogP contribution in [-0.4, -0.2) is 11.8 Å². The lowest BCUT2D eigenvalue weighted by Crippen LogP contribution is -2.31. The smallest absolute Gasteiger partial charge is 0.0910 e. The van der Waals surface area contributed by atoms with E-state index in [1.165, 1.54) is 18.4 Å². The van der Waals surface area contributed by atoms with Crippen LogP contribution in [-0.2, 0) is 11.3 Å². The molecule has 2 heteroatoms. The molecule has 0 amide bonds. The van der Waals surface area contributed by atoms with E-state index in [0.717, 1.165) is 11.8 Å². The van der Waals surface area contributed by atoms with Gasteiger partial charge < -0.3 is 0 Å². The molecule has 80 valence electrons. The van der Waals surface area contributed by atoms with Gasteiger partial charge in [-0.1, -0.05) is 30.7 Å². The lowest BCUT2D eigenvalue weighted by molar-refractivity contribution is 0.515. The highest BCUT2D eigenvalue weighted by molar-refractivity contribution is 8.01. The van der Waals surface area contributed by atoms with Gasteiger partial charge >= 0.3 is 0 Å². The summed E-state index contributed by atoms with van der Waals surface area (Å²) in [5.74, 6) is 0. The molecule has 2 aliphatic rings. The minimum Gasteiger partial charge on any atom is -0.298 e. The fraction of sp³-hybridized carbons (Fsp3) is 0.538. The molecule has 1 fully saturated rings. The maximum atomic E-state index is 3.73. The Labute approximate surface area is 95.6 Å². The van der Waals surface area contributed by atoms with Crippen molar-refractivity contribution in [2.45, 2.75) is 36.8 Å². The number of fused-ring (bicyclic) bond motifs is 2. The van der Waals surface area contributed by atoms with Crippen LogP contribution in [0, 0.1) is 6.92 Å². The molecule has 0 radical (unpaired) electrons. The van der Waals surface area contributed by atoms with Crippen molar-refractivity contribution < 1.29 is 0 Å². The molecule has 1 aliphatic carbocycles. The Morgan fingerprint density at radius 2 is 2.33 bits per heavy atom. The Morgan fingerprint density at radius 1 is 1.47 bits per heavy atom. The first-order valence-electron chi connectivity index (χ1n) is 5.72. The second-order valence-corrected chi connectivity index (χ2v) is 6.53. The van der Waals surface area contributed by atoms with Crippen LogP contribution >= 0.6 is 11.8 Å². The maximum Gasteiger partial charge on any atom is 0.0910 e. The summed E-state index contributed by atoms with van der Waals surface area (Å²) >= 11 is 2.12. The Kier molecular flexibility index (Phi) is 2.12. The van der Waals surface area contributed by atoms with Crippen LogP contribution in [0.25, 0.3) is 0 Å². The second kappa shape index (κ2) is 3.26. The molecule has 1 aliphatic heterocycles. The van der Waals surface area contributed by atoms with Crippen molar-refractivity contribution in [3.8, 4) is 0 Å². The van der Waals surface area contributed by atoms with Gasteiger partial charge in [-0.15, -0.1) is 11.8 Å². The summed E-state index contributed by atoms with van der Waals surface area (Å²) < 4.78 is 0. The molecule has 0 saturated carbocycles. The highest BCUT2D eigenvalue weighted by atomic mass is 32.2. The van der Waals surface area contributed by atoms with Crippen molar-refractivity contribution in [1.82, 2.24) is 5.32 Å². The zero-order valence-electron chi connectivity index (χ0n) is 9.34. The molecule has 0 bridgehead atoms. The average molecular weight is 219 g/mol. The van der Waals surface area contributed by atoms with Gasteiger partial charge in [0, 0.05) is 11.8 Å². The fourth-order valence-corrected chi connectivity index (χ4v) is 4.33. The van der Waals surface area contributed by atoms with Crippen LogP contribution in [0.3, 0.4) is 0 Å². The third-order valence-corrected chi connectivity index (χ3v) is 5.06. The van der Waals surface area contributed by atoms with Gasteiger partial charge in [0.15, 0.2) is 0 Å². The normalized spacial score (nSPS) is 33.6. The van der Waals surface area contributed by atoms with Crippen molar-refractivity contribution in [3.63, 3.8) is 0 Å². The molecule has 1 aromatic carbocycles. The van der Waals surface area contributed by atoms with Crippen LogP contribution in [0.5, 0.6) is 0 Å². The summed E-state index contributed by atoms with van der Waals surface area (Å²) in [6.45, 7) is 5.66. The first kappa shape index (κ1) is 9.73. The molecule has 1 nitrogen and oxygen atoms in total. The maximum absolute atomic E-state index is 3.73. The van der Waals surface area contributed by atoms with Gasteiger partial charge in [-0.3, -0.25) is 5.32 Å². The molecule has 1 aromatic rings. The van der Waals surface area contributed by atoms with E-state index in [1.807, 2.05) is 0 Å². The van der Waals surface area contributed by atoms with E-state index in [1.54, 1.807) is 11.1 Å². The number of hydrogen-bond acceptors (Lipinski definition) is 2. The first-order chi connectivity index (χ1) is 7.20. The molecule has 1 N–H and O–H groups in total. The van der Waals surface area contributed by atoms with Crippen LogP contribution in [0.1, 0.15) is 30.0 Å². The Bertz CT molecular complexity index is 398. The number of aryl methyl sites for hydroxylation is 2. The third kappa shape index (κ3) is 1.42. The number of rotatable bonds is 0. The SMILES string of the molecule is Cc1ccc2c(c1)C1(CC2)NCC(C)S1. The van der Waals surface area contributed by atoms with Gasteiger partial charge in [0.05, 0.1) is 4.87 Å². The molecule has 1 saturated heterocycles. The minimum atomic E-state index is 0.251. The van der Waals surface area contributed by atoms with Crippen molar-refractivity contribution in [2.24, 2.45) is 0 Å². The zero-order chi connectivity index (χ0) is 10.5. The number of thioether (sulfide) groups is 1. The third-order valence-electron chi connectivity index (χ3n) is 3.52. The van der Waals surface area contributed by atoms with Gasteiger partial charge in [-0.05, 0) is 30.9 Å². The zero-order valence-corrected chi connectivity index (χ0v) is 10.2.